The van der Waals surface area contributed by atoms with Gasteiger partial charge in [-0.15, -0.1) is 0 Å². The van der Waals surface area contributed by atoms with Crippen LogP contribution in [0, 0.1) is 0 Å². The molecule has 102 valence electrons. The standard InChI is InChI=1S/C17H18N2O/c1-11(18)12-6-8-14(9-7-12)19-17(20)16-10-13-4-2-3-5-15(13)16/h2-9,11,16H,10,18H2,1H3,(H,19,20). The minimum absolute atomic E-state index is 0.0123. The summed E-state index contributed by atoms with van der Waals surface area (Å²) in [6.07, 6.45) is 0.833. The fourth-order valence-corrected chi connectivity index (χ4v) is 2.59. The molecule has 2 aromatic carbocycles. The summed E-state index contributed by atoms with van der Waals surface area (Å²) >= 11 is 0. The number of carbonyl (C=O) groups excluding carboxylic acids is 1. The molecule has 3 N–H and O–H groups in total. The zero-order valence-electron chi connectivity index (χ0n) is 11.5. The maximum Gasteiger partial charge on any atom is 0.232 e. The first kappa shape index (κ1) is 12.9. The van der Waals surface area contributed by atoms with Crippen molar-refractivity contribution in [1.29, 1.82) is 0 Å². The van der Waals surface area contributed by atoms with Crippen LogP contribution in [0.3, 0.4) is 0 Å². The van der Waals surface area contributed by atoms with Gasteiger partial charge in [0.2, 0.25) is 5.91 Å². The second-order valence-electron chi connectivity index (χ2n) is 5.36. The lowest BCUT2D eigenvalue weighted by atomic mass is 9.77. The van der Waals surface area contributed by atoms with Gasteiger partial charge in [0.25, 0.3) is 0 Å². The lowest BCUT2D eigenvalue weighted by Crippen LogP contribution is -2.30. The molecule has 1 aliphatic carbocycles. The summed E-state index contributed by atoms with van der Waals surface area (Å²) in [7, 11) is 0. The average molecular weight is 266 g/mol. The molecule has 0 fully saturated rings. The maximum atomic E-state index is 12.2. The zero-order chi connectivity index (χ0) is 14.1. The Morgan fingerprint density at radius 3 is 2.55 bits per heavy atom. The van der Waals surface area contributed by atoms with Crippen LogP contribution in [0.5, 0.6) is 0 Å². The monoisotopic (exact) mass is 266 g/mol. The van der Waals surface area contributed by atoms with Crippen LogP contribution in [0.2, 0.25) is 0 Å². The van der Waals surface area contributed by atoms with Gasteiger partial charge in [-0.1, -0.05) is 36.4 Å². The number of nitrogens with one attached hydrogen (secondary N) is 1. The highest BCUT2D eigenvalue weighted by atomic mass is 16.1. The Morgan fingerprint density at radius 2 is 1.90 bits per heavy atom. The van der Waals surface area contributed by atoms with Crippen LogP contribution in [0.25, 0.3) is 0 Å². The number of nitrogens with two attached hydrogens (primary N) is 1. The Labute approximate surface area is 118 Å². The summed E-state index contributed by atoms with van der Waals surface area (Å²) in [5.74, 6) is 0.0524. The smallest absolute Gasteiger partial charge is 0.232 e. The van der Waals surface area contributed by atoms with Gasteiger partial charge in [-0.3, -0.25) is 4.79 Å². The molecule has 2 unspecified atom stereocenters. The third-order valence-corrected chi connectivity index (χ3v) is 3.88. The normalized spacial score (nSPS) is 17.8. The van der Waals surface area contributed by atoms with Crippen molar-refractivity contribution < 1.29 is 4.79 Å². The van der Waals surface area contributed by atoms with E-state index in [9.17, 15) is 4.79 Å². The number of carbonyl (C=O) groups is 1. The molecule has 2 aromatic rings. The molecule has 0 bridgehead atoms. The highest BCUT2D eigenvalue weighted by Gasteiger charge is 2.31. The van der Waals surface area contributed by atoms with E-state index in [4.69, 9.17) is 5.73 Å². The molecule has 3 rings (SSSR count). The zero-order valence-corrected chi connectivity index (χ0v) is 11.5. The molecule has 0 radical (unpaired) electrons. The molecule has 0 saturated heterocycles. The topological polar surface area (TPSA) is 55.1 Å². The summed E-state index contributed by atoms with van der Waals surface area (Å²) in [6, 6.07) is 15.8. The van der Waals surface area contributed by atoms with Crippen LogP contribution in [0.15, 0.2) is 48.5 Å². The van der Waals surface area contributed by atoms with Crippen LogP contribution in [-0.2, 0) is 11.2 Å². The maximum absolute atomic E-state index is 12.2. The number of benzene rings is 2. The number of amides is 1. The van der Waals surface area contributed by atoms with Crippen molar-refractivity contribution in [3.8, 4) is 0 Å². The van der Waals surface area contributed by atoms with Gasteiger partial charge in [-0.25, -0.2) is 0 Å². The first-order valence-corrected chi connectivity index (χ1v) is 6.89. The molecule has 20 heavy (non-hydrogen) atoms. The first-order chi connectivity index (χ1) is 9.65. The van der Waals surface area contributed by atoms with Gasteiger partial charge in [-0.2, -0.15) is 0 Å². The number of anilines is 1. The van der Waals surface area contributed by atoms with E-state index in [1.54, 1.807) is 0 Å². The van der Waals surface area contributed by atoms with Crippen LogP contribution >= 0.6 is 0 Å². The van der Waals surface area contributed by atoms with Crippen LogP contribution in [0.1, 0.15) is 35.6 Å². The van der Waals surface area contributed by atoms with E-state index in [1.807, 2.05) is 49.4 Å². The van der Waals surface area contributed by atoms with Crippen molar-refractivity contribution in [3.63, 3.8) is 0 Å². The van der Waals surface area contributed by atoms with Gasteiger partial charge in [0, 0.05) is 11.7 Å². The van der Waals surface area contributed by atoms with E-state index >= 15 is 0 Å². The Kier molecular flexibility index (Phi) is 3.28. The summed E-state index contributed by atoms with van der Waals surface area (Å²) in [4.78, 5) is 12.2. The Morgan fingerprint density at radius 1 is 1.20 bits per heavy atom. The third-order valence-electron chi connectivity index (χ3n) is 3.88. The number of hydrogen-bond acceptors (Lipinski definition) is 2. The SMILES string of the molecule is CC(N)c1ccc(NC(=O)C2Cc3ccccc32)cc1. The van der Waals surface area contributed by atoms with Crippen molar-refractivity contribution >= 4 is 11.6 Å². The second-order valence-corrected chi connectivity index (χ2v) is 5.36. The van der Waals surface area contributed by atoms with E-state index in [0.29, 0.717) is 0 Å². The largest absolute Gasteiger partial charge is 0.326 e. The van der Waals surface area contributed by atoms with Gasteiger partial charge in [0.1, 0.15) is 0 Å². The Balaban J connectivity index is 1.68. The van der Waals surface area contributed by atoms with Gasteiger partial charge in [0.05, 0.1) is 5.92 Å². The predicted molar refractivity (Wildman–Crippen MR) is 80.6 cm³/mol. The van der Waals surface area contributed by atoms with Crippen molar-refractivity contribution in [2.24, 2.45) is 5.73 Å². The van der Waals surface area contributed by atoms with Crippen molar-refractivity contribution in [2.75, 3.05) is 5.32 Å². The quantitative estimate of drug-likeness (QED) is 0.897. The molecule has 3 heteroatoms. The molecule has 3 nitrogen and oxygen atoms in total. The predicted octanol–water partition coefficient (Wildman–Crippen LogP) is 2.98. The summed E-state index contributed by atoms with van der Waals surface area (Å²) in [6.45, 7) is 1.94. The molecular formula is C17H18N2O. The van der Waals surface area contributed by atoms with Crippen molar-refractivity contribution in [2.45, 2.75) is 25.3 Å². The highest BCUT2D eigenvalue weighted by molar-refractivity contribution is 5.97. The summed E-state index contributed by atoms with van der Waals surface area (Å²) < 4.78 is 0. The molecule has 0 saturated carbocycles. The van der Waals surface area contributed by atoms with Gasteiger partial charge in [0.15, 0.2) is 0 Å². The molecule has 0 aromatic heterocycles. The molecular weight excluding hydrogens is 248 g/mol. The lowest BCUT2D eigenvalue weighted by Gasteiger charge is -2.28. The van der Waals surface area contributed by atoms with E-state index in [2.05, 4.69) is 11.4 Å². The highest BCUT2D eigenvalue weighted by Crippen LogP contribution is 2.35. The minimum Gasteiger partial charge on any atom is -0.326 e. The molecule has 1 aliphatic rings. The van der Waals surface area contributed by atoms with E-state index in [1.165, 1.54) is 5.56 Å². The van der Waals surface area contributed by atoms with Gasteiger partial charge < -0.3 is 11.1 Å². The minimum atomic E-state index is -0.0145. The average Bonchev–Trinajstić information content (AvgIpc) is 2.41. The van der Waals surface area contributed by atoms with Crippen molar-refractivity contribution in [3.05, 3.63) is 65.2 Å². The van der Waals surface area contributed by atoms with E-state index in [-0.39, 0.29) is 17.9 Å². The van der Waals surface area contributed by atoms with Crippen LogP contribution in [-0.4, -0.2) is 5.91 Å². The van der Waals surface area contributed by atoms with Gasteiger partial charge in [-0.05, 0) is 42.2 Å². The molecule has 2 atom stereocenters. The Bertz CT molecular complexity index is 632. The summed E-state index contributed by atoms with van der Waals surface area (Å²) in [5, 5.41) is 2.97. The number of hydrogen-bond donors (Lipinski definition) is 2. The van der Waals surface area contributed by atoms with Crippen molar-refractivity contribution in [1.82, 2.24) is 0 Å². The second kappa shape index (κ2) is 5.10. The molecule has 0 heterocycles. The van der Waals surface area contributed by atoms with E-state index in [0.717, 1.165) is 23.2 Å². The fourth-order valence-electron chi connectivity index (χ4n) is 2.59. The first-order valence-electron chi connectivity index (χ1n) is 6.89. The third kappa shape index (κ3) is 2.32. The summed E-state index contributed by atoms with van der Waals surface area (Å²) in [5.41, 5.74) is 10.1. The van der Waals surface area contributed by atoms with Gasteiger partial charge >= 0.3 is 0 Å². The number of fused-ring (bicyclic) bond motifs is 1. The van der Waals surface area contributed by atoms with Crippen LogP contribution in [0.4, 0.5) is 5.69 Å². The fraction of sp³-hybridized carbons (Fsp3) is 0.235. The molecule has 0 aliphatic heterocycles. The Hall–Kier alpha value is -2.13. The lowest BCUT2D eigenvalue weighted by molar-refractivity contribution is -0.118. The van der Waals surface area contributed by atoms with Crippen LogP contribution < -0.4 is 11.1 Å². The van der Waals surface area contributed by atoms with E-state index < -0.39 is 0 Å². The number of rotatable bonds is 3. The molecule has 0 spiro atoms. The molecule has 1 amide bonds.